The van der Waals surface area contributed by atoms with Crippen molar-refractivity contribution in [3.8, 4) is 0 Å². The highest BCUT2D eigenvalue weighted by atomic mass is 32.1. The quantitative estimate of drug-likeness (QED) is 0.758. The number of carbonyl (C=O) groups is 1. The lowest BCUT2D eigenvalue weighted by atomic mass is 10.1. The van der Waals surface area contributed by atoms with Crippen LogP contribution in [0.15, 0.2) is 36.4 Å². The molecule has 3 aromatic rings. The van der Waals surface area contributed by atoms with Crippen LogP contribution in [0, 0.1) is 20.8 Å². The minimum absolute atomic E-state index is 0.111. The Labute approximate surface area is 127 Å². The van der Waals surface area contributed by atoms with Crippen LogP contribution in [0.4, 0.5) is 5.13 Å². The molecule has 0 saturated heterocycles. The first-order valence-corrected chi connectivity index (χ1v) is 7.61. The number of fused-ring (bicyclic) bond motifs is 1. The van der Waals surface area contributed by atoms with Gasteiger partial charge in [-0.15, -0.1) is 0 Å². The second kappa shape index (κ2) is 5.30. The molecule has 21 heavy (non-hydrogen) atoms. The van der Waals surface area contributed by atoms with Crippen molar-refractivity contribution in [2.24, 2.45) is 0 Å². The largest absolute Gasteiger partial charge is 0.298 e. The third kappa shape index (κ3) is 2.67. The molecule has 3 nitrogen and oxygen atoms in total. The molecule has 1 heterocycles. The highest BCUT2D eigenvalue weighted by Crippen LogP contribution is 2.28. The van der Waals surface area contributed by atoms with Gasteiger partial charge in [0.1, 0.15) is 0 Å². The van der Waals surface area contributed by atoms with Gasteiger partial charge in [-0.25, -0.2) is 4.98 Å². The number of anilines is 1. The van der Waals surface area contributed by atoms with E-state index in [2.05, 4.69) is 36.3 Å². The zero-order chi connectivity index (χ0) is 15.0. The molecule has 0 aliphatic carbocycles. The molecule has 0 atom stereocenters. The summed E-state index contributed by atoms with van der Waals surface area (Å²) < 4.78 is 1.10. The van der Waals surface area contributed by atoms with Gasteiger partial charge in [-0.3, -0.25) is 10.1 Å². The van der Waals surface area contributed by atoms with Crippen LogP contribution in [0.25, 0.3) is 10.2 Å². The van der Waals surface area contributed by atoms with E-state index in [4.69, 9.17) is 0 Å². The van der Waals surface area contributed by atoms with Crippen molar-refractivity contribution in [1.82, 2.24) is 4.98 Å². The molecule has 0 bridgehead atoms. The van der Waals surface area contributed by atoms with Crippen LogP contribution in [-0.4, -0.2) is 10.9 Å². The SMILES string of the molecule is Cc1cc2nc(NC(=O)c3ccccc3C)sc2cc1C. The number of hydrogen-bond acceptors (Lipinski definition) is 3. The Kier molecular flexibility index (Phi) is 3.47. The lowest BCUT2D eigenvalue weighted by Crippen LogP contribution is -2.12. The smallest absolute Gasteiger partial charge is 0.257 e. The van der Waals surface area contributed by atoms with E-state index in [-0.39, 0.29) is 5.91 Å². The Balaban J connectivity index is 1.92. The van der Waals surface area contributed by atoms with Gasteiger partial charge in [-0.1, -0.05) is 29.5 Å². The van der Waals surface area contributed by atoms with Crippen LogP contribution in [0.1, 0.15) is 27.0 Å². The molecule has 0 radical (unpaired) electrons. The highest BCUT2D eigenvalue weighted by molar-refractivity contribution is 7.22. The van der Waals surface area contributed by atoms with Gasteiger partial charge in [-0.05, 0) is 55.7 Å². The zero-order valence-corrected chi connectivity index (χ0v) is 13.0. The van der Waals surface area contributed by atoms with E-state index in [0.29, 0.717) is 10.7 Å². The molecule has 0 saturated carbocycles. The Hall–Kier alpha value is -2.20. The number of aromatic nitrogens is 1. The van der Waals surface area contributed by atoms with Crippen molar-refractivity contribution in [3.63, 3.8) is 0 Å². The fourth-order valence-corrected chi connectivity index (χ4v) is 3.17. The van der Waals surface area contributed by atoms with E-state index in [0.717, 1.165) is 15.8 Å². The lowest BCUT2D eigenvalue weighted by Gasteiger charge is -2.04. The Morgan fingerprint density at radius 3 is 2.52 bits per heavy atom. The third-order valence-corrected chi connectivity index (χ3v) is 4.55. The molecule has 1 aromatic heterocycles. The molecular formula is C17H16N2OS. The molecule has 0 fully saturated rings. The maximum Gasteiger partial charge on any atom is 0.257 e. The molecular weight excluding hydrogens is 280 g/mol. The number of aryl methyl sites for hydroxylation is 3. The van der Waals surface area contributed by atoms with Crippen LogP contribution < -0.4 is 5.32 Å². The van der Waals surface area contributed by atoms with E-state index in [1.54, 1.807) is 0 Å². The van der Waals surface area contributed by atoms with Crippen LogP contribution in [0.5, 0.6) is 0 Å². The molecule has 1 amide bonds. The molecule has 0 spiro atoms. The topological polar surface area (TPSA) is 42.0 Å². The fraction of sp³-hybridized carbons (Fsp3) is 0.176. The molecule has 4 heteroatoms. The average Bonchev–Trinajstić information content (AvgIpc) is 2.81. The number of carbonyl (C=O) groups excluding carboxylic acids is 1. The molecule has 106 valence electrons. The molecule has 0 aliphatic rings. The van der Waals surface area contributed by atoms with Crippen molar-refractivity contribution in [2.75, 3.05) is 5.32 Å². The predicted molar refractivity (Wildman–Crippen MR) is 88.2 cm³/mol. The van der Waals surface area contributed by atoms with E-state index < -0.39 is 0 Å². The van der Waals surface area contributed by atoms with Crippen molar-refractivity contribution in [3.05, 3.63) is 58.7 Å². The first-order valence-electron chi connectivity index (χ1n) is 6.79. The average molecular weight is 296 g/mol. The van der Waals surface area contributed by atoms with Crippen LogP contribution in [0.3, 0.4) is 0 Å². The van der Waals surface area contributed by atoms with Crippen molar-refractivity contribution < 1.29 is 4.79 Å². The number of nitrogens with zero attached hydrogens (tertiary/aromatic N) is 1. The number of rotatable bonds is 2. The number of thiazole rings is 1. The molecule has 3 rings (SSSR count). The van der Waals surface area contributed by atoms with Gasteiger partial charge in [0, 0.05) is 5.56 Å². The summed E-state index contributed by atoms with van der Waals surface area (Å²) in [6.45, 7) is 6.08. The number of hydrogen-bond donors (Lipinski definition) is 1. The minimum Gasteiger partial charge on any atom is -0.298 e. The Morgan fingerprint density at radius 1 is 1.05 bits per heavy atom. The normalized spacial score (nSPS) is 10.8. The van der Waals surface area contributed by atoms with Crippen molar-refractivity contribution in [2.45, 2.75) is 20.8 Å². The summed E-state index contributed by atoms with van der Waals surface area (Å²) in [5.74, 6) is -0.111. The number of benzene rings is 2. The molecule has 0 aliphatic heterocycles. The molecule has 2 aromatic carbocycles. The van der Waals surface area contributed by atoms with E-state index >= 15 is 0 Å². The van der Waals surface area contributed by atoms with Crippen LogP contribution in [-0.2, 0) is 0 Å². The Morgan fingerprint density at radius 2 is 1.76 bits per heavy atom. The first kappa shape index (κ1) is 13.8. The standard InChI is InChI=1S/C17H16N2OS/c1-10-6-4-5-7-13(10)16(20)19-17-18-14-8-11(2)12(3)9-15(14)21-17/h4-9H,1-3H3,(H,18,19,20). The summed E-state index contributed by atoms with van der Waals surface area (Å²) >= 11 is 1.51. The number of nitrogens with one attached hydrogen (secondary N) is 1. The van der Waals surface area contributed by atoms with Gasteiger partial charge in [0.2, 0.25) is 0 Å². The van der Waals surface area contributed by atoms with E-state index in [1.807, 2.05) is 31.2 Å². The summed E-state index contributed by atoms with van der Waals surface area (Å²) in [6, 6.07) is 11.7. The van der Waals surface area contributed by atoms with E-state index in [9.17, 15) is 4.79 Å². The maximum absolute atomic E-state index is 12.3. The minimum atomic E-state index is -0.111. The predicted octanol–water partition coefficient (Wildman–Crippen LogP) is 4.47. The van der Waals surface area contributed by atoms with E-state index in [1.165, 1.54) is 22.5 Å². The van der Waals surface area contributed by atoms with Crippen molar-refractivity contribution in [1.29, 1.82) is 0 Å². The monoisotopic (exact) mass is 296 g/mol. The van der Waals surface area contributed by atoms with Gasteiger partial charge < -0.3 is 0 Å². The third-order valence-electron chi connectivity index (χ3n) is 3.61. The summed E-state index contributed by atoms with van der Waals surface area (Å²) in [4.78, 5) is 16.8. The zero-order valence-electron chi connectivity index (χ0n) is 12.2. The second-order valence-electron chi connectivity index (χ2n) is 5.19. The van der Waals surface area contributed by atoms with Gasteiger partial charge in [0.15, 0.2) is 5.13 Å². The second-order valence-corrected chi connectivity index (χ2v) is 6.22. The highest BCUT2D eigenvalue weighted by Gasteiger charge is 2.12. The van der Waals surface area contributed by atoms with Crippen molar-refractivity contribution >= 4 is 32.6 Å². The summed E-state index contributed by atoms with van der Waals surface area (Å²) in [6.07, 6.45) is 0. The Bertz CT molecular complexity index is 797. The number of amides is 1. The van der Waals surface area contributed by atoms with Gasteiger partial charge in [0.05, 0.1) is 10.2 Å². The van der Waals surface area contributed by atoms with Crippen LogP contribution in [0.2, 0.25) is 0 Å². The summed E-state index contributed by atoms with van der Waals surface area (Å²) in [7, 11) is 0. The summed E-state index contributed by atoms with van der Waals surface area (Å²) in [5.41, 5.74) is 5.03. The van der Waals surface area contributed by atoms with Gasteiger partial charge >= 0.3 is 0 Å². The fourth-order valence-electron chi connectivity index (χ4n) is 2.23. The summed E-state index contributed by atoms with van der Waals surface area (Å²) in [5, 5.41) is 3.54. The molecule has 1 N–H and O–H groups in total. The maximum atomic E-state index is 12.3. The lowest BCUT2D eigenvalue weighted by molar-refractivity contribution is 0.102. The van der Waals surface area contributed by atoms with Gasteiger partial charge in [0.25, 0.3) is 5.91 Å². The van der Waals surface area contributed by atoms with Crippen LogP contribution >= 0.6 is 11.3 Å². The molecule has 0 unspecified atom stereocenters. The van der Waals surface area contributed by atoms with Gasteiger partial charge in [-0.2, -0.15) is 0 Å². The first-order chi connectivity index (χ1) is 10.0.